The lowest BCUT2D eigenvalue weighted by Crippen LogP contribution is -2.42. The predicted molar refractivity (Wildman–Crippen MR) is 118 cm³/mol. The van der Waals surface area contributed by atoms with Gasteiger partial charge in [-0.2, -0.15) is 5.10 Å². The fourth-order valence-electron chi connectivity index (χ4n) is 4.20. The van der Waals surface area contributed by atoms with Crippen LogP contribution in [-0.4, -0.2) is 59.0 Å². The van der Waals surface area contributed by atoms with Crippen LogP contribution in [0.25, 0.3) is 11.0 Å². The Bertz CT molecular complexity index is 1200. The third-order valence-electron chi connectivity index (χ3n) is 5.77. The number of nitrogens with zero attached hydrogens (tertiary/aromatic N) is 5. The van der Waals surface area contributed by atoms with Crippen LogP contribution in [-0.2, 0) is 40.5 Å². The molecule has 0 aliphatic carbocycles. The van der Waals surface area contributed by atoms with E-state index in [1.165, 1.54) is 13.4 Å². The lowest BCUT2D eigenvalue weighted by atomic mass is 9.96. The number of aryl methyl sites for hydroxylation is 4. The van der Waals surface area contributed by atoms with Gasteiger partial charge in [0.25, 0.3) is 0 Å². The Morgan fingerprint density at radius 2 is 2.10 bits per heavy atom. The third-order valence-corrected chi connectivity index (χ3v) is 6.70. The van der Waals surface area contributed by atoms with Crippen LogP contribution < -0.4 is 4.90 Å². The Balaban J connectivity index is 1.79. The number of imidazole rings is 1. The summed E-state index contributed by atoms with van der Waals surface area (Å²) < 4.78 is 32.5. The molecule has 1 amide bonds. The molecule has 1 aliphatic heterocycles. The fraction of sp³-hybridized carbons (Fsp3) is 0.476. The van der Waals surface area contributed by atoms with Gasteiger partial charge in [0.15, 0.2) is 0 Å². The van der Waals surface area contributed by atoms with Crippen molar-refractivity contribution in [1.29, 1.82) is 0 Å². The number of benzene rings is 1. The molecule has 1 atom stereocenters. The van der Waals surface area contributed by atoms with Crippen molar-refractivity contribution in [3.05, 3.63) is 42.0 Å². The topological polar surface area (TPSA) is 99.3 Å². The number of ether oxygens (including phenoxy) is 1. The summed E-state index contributed by atoms with van der Waals surface area (Å²) in [6.45, 7) is 2.98. The Morgan fingerprint density at radius 1 is 1.29 bits per heavy atom. The zero-order chi connectivity index (χ0) is 22.2. The van der Waals surface area contributed by atoms with E-state index >= 15 is 0 Å². The highest BCUT2D eigenvalue weighted by molar-refractivity contribution is 7.90. The average Bonchev–Trinajstić information content (AvgIpc) is 3.36. The summed E-state index contributed by atoms with van der Waals surface area (Å²) in [5, 5.41) is 4.24. The predicted octanol–water partition coefficient (Wildman–Crippen LogP) is 2.43. The van der Waals surface area contributed by atoms with Gasteiger partial charge in [-0.3, -0.25) is 9.58 Å². The molecule has 1 aromatic carbocycles. The third kappa shape index (κ3) is 4.30. The maximum atomic E-state index is 12.4. The van der Waals surface area contributed by atoms with Crippen LogP contribution in [0.2, 0.25) is 0 Å². The number of sulfone groups is 1. The van der Waals surface area contributed by atoms with Crippen LogP contribution in [0.5, 0.6) is 0 Å². The van der Waals surface area contributed by atoms with E-state index in [-0.39, 0.29) is 17.9 Å². The van der Waals surface area contributed by atoms with Gasteiger partial charge in [0.1, 0.15) is 15.7 Å². The van der Waals surface area contributed by atoms with Crippen molar-refractivity contribution >= 4 is 32.7 Å². The lowest BCUT2D eigenvalue weighted by Gasteiger charge is -2.34. The largest absolute Gasteiger partial charge is 0.452 e. The number of carbonyl (C=O) groups excluding carboxylic acids is 1. The molecule has 31 heavy (non-hydrogen) atoms. The van der Waals surface area contributed by atoms with Gasteiger partial charge in [0.2, 0.25) is 0 Å². The molecule has 166 valence electrons. The first-order valence-electron chi connectivity index (χ1n) is 10.3. The Hall–Kier alpha value is -2.88. The molecule has 0 bridgehead atoms. The molecule has 0 saturated carbocycles. The molecule has 1 aliphatic rings. The Morgan fingerprint density at radius 3 is 2.77 bits per heavy atom. The minimum absolute atomic E-state index is 0.0315. The number of rotatable bonds is 6. The molecule has 0 unspecified atom stereocenters. The molecule has 0 spiro atoms. The molecule has 3 aromatic rings. The normalized spacial score (nSPS) is 16.5. The van der Waals surface area contributed by atoms with Crippen molar-refractivity contribution in [2.45, 2.75) is 45.3 Å². The number of amides is 1. The molecule has 0 radical (unpaired) electrons. The van der Waals surface area contributed by atoms with Crippen LogP contribution in [0.4, 0.5) is 10.5 Å². The Labute approximate surface area is 181 Å². The second-order valence-electron chi connectivity index (χ2n) is 7.99. The molecule has 2 aromatic heterocycles. The van der Waals surface area contributed by atoms with Gasteiger partial charge in [-0.15, -0.1) is 0 Å². The van der Waals surface area contributed by atoms with E-state index in [9.17, 15) is 13.2 Å². The summed E-state index contributed by atoms with van der Waals surface area (Å²) >= 11 is 0. The zero-order valence-corrected chi connectivity index (χ0v) is 18.8. The molecular weight excluding hydrogens is 418 g/mol. The van der Waals surface area contributed by atoms with Crippen molar-refractivity contribution in [2.75, 3.05) is 24.0 Å². The zero-order valence-electron chi connectivity index (χ0n) is 18.0. The van der Waals surface area contributed by atoms with Crippen LogP contribution in [0.3, 0.4) is 0 Å². The SMILES string of the molecule is COC(=O)N1c2ccc3c(nc(CCn4cccn4)n3CCS(C)(=O)=O)c2CC[C@@H]1C. The van der Waals surface area contributed by atoms with Gasteiger partial charge in [-0.1, -0.05) is 0 Å². The maximum Gasteiger partial charge on any atom is 0.414 e. The molecule has 0 saturated heterocycles. The standard InChI is InChI=1S/C21H27N5O4S/c1-15-5-6-16-17(26(15)21(27)30-2)7-8-18-20(16)23-19(9-12-24-11-4-10-22-24)25(18)13-14-31(3,28)29/h4,7-8,10-11,15H,5-6,9,12-14H2,1-3H3/t15-/m0/s1. The summed E-state index contributed by atoms with van der Waals surface area (Å²) in [4.78, 5) is 19.0. The molecule has 0 N–H and O–H groups in total. The number of aromatic nitrogens is 4. The fourth-order valence-corrected chi connectivity index (χ4v) is 4.71. The van der Waals surface area contributed by atoms with Crippen LogP contribution in [0.1, 0.15) is 24.7 Å². The number of methoxy groups -OCH3 is 1. The van der Waals surface area contributed by atoms with Crippen molar-refractivity contribution in [1.82, 2.24) is 19.3 Å². The highest BCUT2D eigenvalue weighted by atomic mass is 32.2. The quantitative estimate of drug-likeness (QED) is 0.578. The Kier molecular flexibility index (Phi) is 5.74. The van der Waals surface area contributed by atoms with Gasteiger partial charge in [0.05, 0.1) is 29.6 Å². The van der Waals surface area contributed by atoms with Gasteiger partial charge in [-0.05, 0) is 38.0 Å². The average molecular weight is 446 g/mol. The van der Waals surface area contributed by atoms with E-state index in [0.717, 1.165) is 41.0 Å². The first-order valence-corrected chi connectivity index (χ1v) is 12.4. The summed E-state index contributed by atoms with van der Waals surface area (Å²) in [6.07, 6.45) is 6.69. The highest BCUT2D eigenvalue weighted by Gasteiger charge is 2.31. The monoisotopic (exact) mass is 445 g/mol. The first kappa shape index (κ1) is 21.4. The van der Waals surface area contributed by atoms with Crippen molar-refractivity contribution in [2.24, 2.45) is 0 Å². The first-order chi connectivity index (χ1) is 14.8. The summed E-state index contributed by atoms with van der Waals surface area (Å²) in [7, 11) is -1.74. The maximum absolute atomic E-state index is 12.4. The minimum Gasteiger partial charge on any atom is -0.452 e. The number of fused-ring (bicyclic) bond motifs is 3. The molecule has 9 nitrogen and oxygen atoms in total. The van der Waals surface area contributed by atoms with Gasteiger partial charge >= 0.3 is 6.09 Å². The van der Waals surface area contributed by atoms with E-state index in [1.807, 2.05) is 40.6 Å². The second-order valence-corrected chi connectivity index (χ2v) is 10.2. The molecular formula is C21H27N5O4S. The van der Waals surface area contributed by atoms with E-state index in [1.54, 1.807) is 11.1 Å². The smallest absolute Gasteiger partial charge is 0.414 e. The van der Waals surface area contributed by atoms with Gasteiger partial charge in [-0.25, -0.2) is 18.2 Å². The number of carbonyl (C=O) groups is 1. The van der Waals surface area contributed by atoms with Gasteiger partial charge in [0, 0.05) is 49.8 Å². The van der Waals surface area contributed by atoms with Gasteiger partial charge < -0.3 is 9.30 Å². The number of hydrogen-bond donors (Lipinski definition) is 0. The van der Waals surface area contributed by atoms with E-state index in [2.05, 4.69) is 5.10 Å². The van der Waals surface area contributed by atoms with Crippen LogP contribution in [0.15, 0.2) is 30.6 Å². The second kappa shape index (κ2) is 8.33. The highest BCUT2D eigenvalue weighted by Crippen LogP contribution is 2.36. The van der Waals surface area contributed by atoms with Crippen molar-refractivity contribution < 1.29 is 17.9 Å². The van der Waals surface area contributed by atoms with Crippen molar-refractivity contribution in [3.8, 4) is 0 Å². The van der Waals surface area contributed by atoms with E-state index < -0.39 is 9.84 Å². The molecule has 4 rings (SSSR count). The number of anilines is 1. The van der Waals surface area contributed by atoms with Crippen LogP contribution >= 0.6 is 0 Å². The van der Waals surface area contributed by atoms with E-state index in [4.69, 9.17) is 9.72 Å². The number of hydrogen-bond acceptors (Lipinski definition) is 6. The summed E-state index contributed by atoms with van der Waals surface area (Å²) in [6, 6.07) is 5.74. The molecule has 10 heteroatoms. The van der Waals surface area contributed by atoms with Crippen molar-refractivity contribution in [3.63, 3.8) is 0 Å². The molecule has 3 heterocycles. The van der Waals surface area contributed by atoms with E-state index in [0.29, 0.717) is 19.5 Å². The lowest BCUT2D eigenvalue weighted by molar-refractivity contribution is 0.175. The molecule has 0 fully saturated rings. The minimum atomic E-state index is -3.13. The summed E-state index contributed by atoms with van der Waals surface area (Å²) in [5.74, 6) is 0.848. The summed E-state index contributed by atoms with van der Waals surface area (Å²) in [5.41, 5.74) is 3.52. The van der Waals surface area contributed by atoms with Crippen LogP contribution in [0, 0.1) is 0 Å².